The van der Waals surface area contributed by atoms with Crippen LogP contribution in [0.3, 0.4) is 0 Å². The van der Waals surface area contributed by atoms with Crippen LogP contribution in [0, 0.1) is 0 Å². The molecule has 0 aliphatic carbocycles. The highest BCUT2D eigenvalue weighted by Crippen LogP contribution is 2.15. The maximum absolute atomic E-state index is 12.8. The number of unbranched alkanes of at least 4 members (excludes halogenated alkanes) is 29. The molecule has 0 aromatic heterocycles. The average molecular weight is 909 g/mol. The molecule has 0 rings (SSSR count). The maximum atomic E-state index is 12.8. The molecule has 0 saturated carbocycles. The van der Waals surface area contributed by atoms with E-state index in [4.69, 9.17) is 14.2 Å². The fourth-order valence-corrected chi connectivity index (χ4v) is 7.77. The van der Waals surface area contributed by atoms with Crippen molar-refractivity contribution < 1.29 is 28.6 Å². The molecule has 0 aliphatic heterocycles. The lowest BCUT2D eigenvalue weighted by Crippen LogP contribution is -2.30. The minimum absolute atomic E-state index is 0.0796. The first-order chi connectivity index (χ1) is 32.0. The molecule has 6 heteroatoms. The second-order valence-electron chi connectivity index (χ2n) is 18.5. The Morgan fingerprint density at radius 3 is 0.877 bits per heavy atom. The highest BCUT2D eigenvalue weighted by molar-refractivity contribution is 5.71. The van der Waals surface area contributed by atoms with E-state index >= 15 is 0 Å². The van der Waals surface area contributed by atoms with Gasteiger partial charge < -0.3 is 14.2 Å². The first kappa shape index (κ1) is 62.1. The molecule has 0 N–H and O–H groups in total. The zero-order chi connectivity index (χ0) is 47.2. The lowest BCUT2D eigenvalue weighted by Gasteiger charge is -2.18. The Kier molecular flexibility index (Phi) is 51.3. The number of esters is 3. The van der Waals surface area contributed by atoms with Crippen molar-refractivity contribution in [3.05, 3.63) is 60.8 Å². The molecule has 0 heterocycles. The van der Waals surface area contributed by atoms with E-state index in [0.29, 0.717) is 19.3 Å². The highest BCUT2D eigenvalue weighted by Gasteiger charge is 2.19. The monoisotopic (exact) mass is 909 g/mol. The third-order valence-corrected chi connectivity index (χ3v) is 12.0. The van der Waals surface area contributed by atoms with Crippen LogP contribution in [0.15, 0.2) is 60.8 Å². The van der Waals surface area contributed by atoms with Gasteiger partial charge in [-0.05, 0) is 89.9 Å². The van der Waals surface area contributed by atoms with Crippen LogP contribution in [0.1, 0.15) is 278 Å². The molecule has 1 atom stereocenters. The van der Waals surface area contributed by atoms with Gasteiger partial charge in [-0.1, -0.05) is 229 Å². The van der Waals surface area contributed by atoms with Crippen LogP contribution in [0.4, 0.5) is 0 Å². The first-order valence-corrected chi connectivity index (χ1v) is 27.8. The Hall–Kier alpha value is -2.89. The zero-order valence-electron chi connectivity index (χ0n) is 43.0. The smallest absolute Gasteiger partial charge is 0.306 e. The van der Waals surface area contributed by atoms with Crippen LogP contribution < -0.4 is 0 Å². The predicted octanol–water partition coefficient (Wildman–Crippen LogP) is 18.4. The van der Waals surface area contributed by atoms with Gasteiger partial charge in [0.25, 0.3) is 0 Å². The molecule has 1 unspecified atom stereocenters. The summed E-state index contributed by atoms with van der Waals surface area (Å²) in [6, 6.07) is 0. The third-order valence-electron chi connectivity index (χ3n) is 12.0. The van der Waals surface area contributed by atoms with E-state index in [1.165, 1.54) is 148 Å². The fraction of sp³-hybridized carbons (Fsp3) is 0.780. The summed E-state index contributed by atoms with van der Waals surface area (Å²) in [7, 11) is 0. The topological polar surface area (TPSA) is 78.9 Å². The van der Waals surface area contributed by atoms with Crippen LogP contribution >= 0.6 is 0 Å². The van der Waals surface area contributed by atoms with E-state index in [-0.39, 0.29) is 31.1 Å². The molecular formula is C59H104O6. The summed E-state index contributed by atoms with van der Waals surface area (Å²) in [6.45, 7) is 6.55. The summed E-state index contributed by atoms with van der Waals surface area (Å²) in [5.41, 5.74) is 0. The summed E-state index contributed by atoms with van der Waals surface area (Å²) in [4.78, 5) is 37.8. The lowest BCUT2D eigenvalue weighted by atomic mass is 10.1. The molecule has 0 aromatic rings. The number of allylic oxidation sites excluding steroid dienone is 10. The number of hydrogen-bond donors (Lipinski definition) is 0. The van der Waals surface area contributed by atoms with Crippen LogP contribution in [0.25, 0.3) is 0 Å². The Morgan fingerprint density at radius 2 is 0.554 bits per heavy atom. The average Bonchev–Trinajstić information content (AvgIpc) is 3.30. The van der Waals surface area contributed by atoms with Gasteiger partial charge in [0.1, 0.15) is 13.2 Å². The van der Waals surface area contributed by atoms with Crippen molar-refractivity contribution in [1.82, 2.24) is 0 Å². The molecule has 0 fully saturated rings. The second kappa shape index (κ2) is 53.7. The Labute approximate surface area is 402 Å². The predicted molar refractivity (Wildman–Crippen MR) is 279 cm³/mol. The molecule has 0 saturated heterocycles. The quantitative estimate of drug-likeness (QED) is 0.0262. The summed E-state index contributed by atoms with van der Waals surface area (Å²) in [5.74, 6) is -0.898. The van der Waals surface area contributed by atoms with Gasteiger partial charge in [0, 0.05) is 19.3 Å². The molecule has 0 aliphatic rings. The largest absolute Gasteiger partial charge is 0.462 e. The summed E-state index contributed by atoms with van der Waals surface area (Å²) < 4.78 is 16.7. The van der Waals surface area contributed by atoms with Crippen molar-refractivity contribution in [2.45, 2.75) is 284 Å². The van der Waals surface area contributed by atoms with Gasteiger partial charge >= 0.3 is 17.9 Å². The number of hydrogen-bond acceptors (Lipinski definition) is 6. The minimum atomic E-state index is -0.778. The molecule has 0 radical (unpaired) electrons. The number of rotatable bonds is 50. The lowest BCUT2D eigenvalue weighted by molar-refractivity contribution is -0.167. The maximum Gasteiger partial charge on any atom is 0.306 e. The van der Waals surface area contributed by atoms with Gasteiger partial charge in [-0.2, -0.15) is 0 Å². The molecule has 0 aromatic carbocycles. The van der Waals surface area contributed by atoms with Crippen LogP contribution in [0.5, 0.6) is 0 Å². The van der Waals surface area contributed by atoms with Crippen molar-refractivity contribution in [3.63, 3.8) is 0 Å². The minimum Gasteiger partial charge on any atom is -0.462 e. The summed E-state index contributed by atoms with van der Waals surface area (Å²) >= 11 is 0. The van der Waals surface area contributed by atoms with E-state index in [2.05, 4.69) is 81.5 Å². The first-order valence-electron chi connectivity index (χ1n) is 27.8. The molecule has 65 heavy (non-hydrogen) atoms. The van der Waals surface area contributed by atoms with Gasteiger partial charge in [-0.25, -0.2) is 0 Å². The Morgan fingerprint density at radius 1 is 0.308 bits per heavy atom. The number of carbonyl (C=O) groups excluding carboxylic acids is 3. The molecule has 0 bridgehead atoms. The molecular weight excluding hydrogens is 805 g/mol. The molecule has 0 spiro atoms. The van der Waals surface area contributed by atoms with Gasteiger partial charge in [-0.15, -0.1) is 0 Å². The Bertz CT molecular complexity index is 1180. The number of carbonyl (C=O) groups is 3. The van der Waals surface area contributed by atoms with E-state index in [1.807, 2.05) is 0 Å². The third kappa shape index (κ3) is 51.9. The fourth-order valence-electron chi connectivity index (χ4n) is 7.77. The summed E-state index contributed by atoms with van der Waals surface area (Å²) in [6.07, 6.45) is 66.6. The van der Waals surface area contributed by atoms with E-state index in [1.54, 1.807) is 0 Å². The normalized spacial score (nSPS) is 12.5. The van der Waals surface area contributed by atoms with Crippen LogP contribution in [-0.2, 0) is 28.6 Å². The van der Waals surface area contributed by atoms with Crippen molar-refractivity contribution >= 4 is 17.9 Å². The molecule has 376 valence electrons. The molecule has 0 amide bonds. The van der Waals surface area contributed by atoms with E-state index in [9.17, 15) is 14.4 Å². The van der Waals surface area contributed by atoms with Crippen LogP contribution in [-0.4, -0.2) is 37.2 Å². The van der Waals surface area contributed by atoms with Crippen molar-refractivity contribution in [1.29, 1.82) is 0 Å². The molecule has 6 nitrogen and oxygen atoms in total. The number of ether oxygens (including phenoxy) is 3. The van der Waals surface area contributed by atoms with Gasteiger partial charge in [0.2, 0.25) is 0 Å². The summed E-state index contributed by atoms with van der Waals surface area (Å²) in [5, 5.41) is 0. The highest BCUT2D eigenvalue weighted by atomic mass is 16.6. The standard InChI is InChI=1S/C59H104O6/c1-4-7-10-13-16-18-20-22-24-26-28-29-30-31-32-34-35-37-39-41-43-46-49-52-58(61)64-55-56(54-63-57(60)51-48-45-15-12-9-6-3)65-59(62)53-50-47-44-42-40-38-36-33-27-25-23-21-19-17-14-11-8-5-2/h19-22,25-28,30-31,56H,4-18,23-24,29,32-55H2,1-3H3/b21-19-,22-20-,27-25-,28-26-,31-30-. The second-order valence-corrected chi connectivity index (χ2v) is 18.5. The van der Waals surface area contributed by atoms with E-state index < -0.39 is 6.10 Å². The van der Waals surface area contributed by atoms with Crippen molar-refractivity contribution in [2.24, 2.45) is 0 Å². The Balaban J connectivity index is 4.19. The zero-order valence-corrected chi connectivity index (χ0v) is 43.0. The van der Waals surface area contributed by atoms with Gasteiger partial charge in [-0.3, -0.25) is 14.4 Å². The van der Waals surface area contributed by atoms with Crippen molar-refractivity contribution in [3.8, 4) is 0 Å². The SMILES string of the molecule is CCCCCC/C=C\C/C=C\CCCCCCCCCC(=O)OC(COC(=O)CCCCCCCC)COC(=O)CCCCCCCCCC/C=C\C/C=C\C/C=C\CCCCCCC. The van der Waals surface area contributed by atoms with Gasteiger partial charge in [0.15, 0.2) is 6.10 Å². The van der Waals surface area contributed by atoms with Gasteiger partial charge in [0.05, 0.1) is 0 Å². The van der Waals surface area contributed by atoms with E-state index in [0.717, 1.165) is 89.9 Å². The van der Waals surface area contributed by atoms with Crippen molar-refractivity contribution in [2.75, 3.05) is 13.2 Å². The van der Waals surface area contributed by atoms with Crippen LogP contribution in [0.2, 0.25) is 0 Å².